The van der Waals surface area contributed by atoms with Crippen LogP contribution in [-0.4, -0.2) is 47.7 Å². The predicted molar refractivity (Wildman–Crippen MR) is 139 cm³/mol. The number of amides is 1. The number of fused-ring (bicyclic) bond motifs is 1. The highest BCUT2D eigenvalue weighted by Crippen LogP contribution is 2.32. The molecule has 1 atom stereocenters. The van der Waals surface area contributed by atoms with E-state index in [2.05, 4.69) is 10.4 Å². The molecular weight excluding hydrogens is 476 g/mol. The van der Waals surface area contributed by atoms with E-state index in [0.29, 0.717) is 41.0 Å². The molecule has 4 aromatic rings. The molecule has 1 aliphatic rings. The molecule has 8 nitrogen and oxygen atoms in total. The van der Waals surface area contributed by atoms with E-state index < -0.39 is 9.84 Å². The normalized spacial score (nSPS) is 16.8. The Morgan fingerprint density at radius 1 is 1.14 bits per heavy atom. The average molecular weight is 505 g/mol. The Hall–Kier alpha value is -3.72. The number of aromatic nitrogens is 3. The van der Waals surface area contributed by atoms with Crippen LogP contribution < -0.4 is 10.1 Å². The van der Waals surface area contributed by atoms with E-state index in [0.717, 1.165) is 22.4 Å². The molecule has 36 heavy (non-hydrogen) atoms. The lowest BCUT2D eigenvalue weighted by Crippen LogP contribution is -2.23. The molecule has 186 valence electrons. The van der Waals surface area contributed by atoms with E-state index in [9.17, 15) is 13.2 Å². The van der Waals surface area contributed by atoms with Crippen LogP contribution in [0.25, 0.3) is 22.3 Å². The third-order valence-electron chi connectivity index (χ3n) is 6.57. The second-order valence-corrected chi connectivity index (χ2v) is 11.5. The zero-order valence-corrected chi connectivity index (χ0v) is 21.3. The Balaban J connectivity index is 1.59. The SMILES string of the molecule is COc1cccc(CNC(=O)c2cc(-c3ccc(C)cc3)nc3c2c(C)nn3C2CCS(=O)(=O)C2)c1. The maximum absolute atomic E-state index is 13.5. The van der Waals surface area contributed by atoms with Gasteiger partial charge in [-0.3, -0.25) is 4.79 Å². The van der Waals surface area contributed by atoms with Gasteiger partial charge in [-0.2, -0.15) is 5.10 Å². The first kappa shape index (κ1) is 24.0. The van der Waals surface area contributed by atoms with Crippen molar-refractivity contribution >= 4 is 26.8 Å². The van der Waals surface area contributed by atoms with Crippen LogP contribution in [-0.2, 0) is 16.4 Å². The lowest BCUT2D eigenvalue weighted by atomic mass is 10.0. The fourth-order valence-electron chi connectivity index (χ4n) is 4.65. The number of nitrogens with zero attached hydrogens (tertiary/aromatic N) is 3. The van der Waals surface area contributed by atoms with Crippen LogP contribution in [0.5, 0.6) is 5.75 Å². The molecule has 9 heteroatoms. The van der Waals surface area contributed by atoms with Crippen molar-refractivity contribution in [2.24, 2.45) is 0 Å². The quantitative estimate of drug-likeness (QED) is 0.426. The number of nitrogens with one attached hydrogen (secondary N) is 1. The summed E-state index contributed by atoms with van der Waals surface area (Å²) < 4.78 is 31.4. The van der Waals surface area contributed by atoms with Crippen LogP contribution in [0.15, 0.2) is 54.6 Å². The van der Waals surface area contributed by atoms with Gasteiger partial charge in [0.1, 0.15) is 5.75 Å². The first-order valence-corrected chi connectivity index (χ1v) is 13.6. The largest absolute Gasteiger partial charge is 0.497 e. The van der Waals surface area contributed by atoms with Crippen molar-refractivity contribution in [3.05, 3.63) is 77.0 Å². The third kappa shape index (κ3) is 4.70. The predicted octanol–water partition coefficient (Wildman–Crippen LogP) is 4.01. The van der Waals surface area contributed by atoms with Gasteiger partial charge in [-0.05, 0) is 44.0 Å². The van der Waals surface area contributed by atoms with Gasteiger partial charge in [0, 0.05) is 12.1 Å². The van der Waals surface area contributed by atoms with Crippen molar-refractivity contribution in [3.8, 4) is 17.0 Å². The number of ether oxygens (including phenoxy) is 1. The molecule has 0 spiro atoms. The van der Waals surface area contributed by atoms with Gasteiger partial charge in [-0.1, -0.05) is 42.0 Å². The van der Waals surface area contributed by atoms with Gasteiger partial charge in [0.25, 0.3) is 5.91 Å². The van der Waals surface area contributed by atoms with Crippen molar-refractivity contribution in [2.75, 3.05) is 18.6 Å². The number of methoxy groups -OCH3 is 1. The highest BCUT2D eigenvalue weighted by molar-refractivity contribution is 7.91. The second kappa shape index (κ2) is 9.39. The minimum absolute atomic E-state index is 0.0248. The molecule has 5 rings (SSSR count). The molecule has 2 aromatic heterocycles. The molecule has 0 radical (unpaired) electrons. The molecule has 1 amide bonds. The van der Waals surface area contributed by atoms with Gasteiger partial charge in [-0.15, -0.1) is 0 Å². The monoisotopic (exact) mass is 504 g/mol. The highest BCUT2D eigenvalue weighted by atomic mass is 32.2. The third-order valence-corrected chi connectivity index (χ3v) is 8.32. The molecule has 1 unspecified atom stereocenters. The van der Waals surface area contributed by atoms with Crippen LogP contribution in [0.1, 0.15) is 39.6 Å². The van der Waals surface area contributed by atoms with E-state index >= 15 is 0 Å². The summed E-state index contributed by atoms with van der Waals surface area (Å²) >= 11 is 0. The fourth-order valence-corrected chi connectivity index (χ4v) is 6.34. The number of carbonyl (C=O) groups is 1. The number of rotatable bonds is 6. The van der Waals surface area contributed by atoms with E-state index in [4.69, 9.17) is 9.72 Å². The van der Waals surface area contributed by atoms with Crippen LogP contribution in [0.3, 0.4) is 0 Å². The second-order valence-electron chi connectivity index (χ2n) is 9.24. The standard InChI is InChI=1S/C27H28N4O4S/c1-17-7-9-20(10-8-17)24-14-23(27(32)28-15-19-5-4-6-22(13-19)35-3)25-18(2)30-31(26(25)29-24)21-11-12-36(33,34)16-21/h4-10,13-14,21H,11-12,15-16H2,1-3H3,(H,28,32). The molecular formula is C27H28N4O4S. The van der Waals surface area contributed by atoms with Crippen molar-refractivity contribution in [1.82, 2.24) is 20.1 Å². The number of hydrogen-bond donors (Lipinski definition) is 1. The van der Waals surface area contributed by atoms with E-state index in [1.165, 1.54) is 0 Å². The lowest BCUT2D eigenvalue weighted by molar-refractivity contribution is 0.0952. The van der Waals surface area contributed by atoms with Gasteiger partial charge in [0.2, 0.25) is 0 Å². The number of benzene rings is 2. The average Bonchev–Trinajstić information content (AvgIpc) is 3.41. The first-order valence-electron chi connectivity index (χ1n) is 11.8. The molecule has 1 saturated heterocycles. The Morgan fingerprint density at radius 2 is 1.92 bits per heavy atom. The number of carbonyl (C=O) groups excluding carboxylic acids is 1. The molecule has 1 N–H and O–H groups in total. The Bertz CT molecular complexity index is 1560. The minimum Gasteiger partial charge on any atom is -0.497 e. The summed E-state index contributed by atoms with van der Waals surface area (Å²) in [6.45, 7) is 4.17. The summed E-state index contributed by atoms with van der Waals surface area (Å²) in [5.74, 6) is 0.624. The fraction of sp³-hybridized carbons (Fsp3) is 0.296. The molecule has 3 heterocycles. The summed E-state index contributed by atoms with van der Waals surface area (Å²) in [4.78, 5) is 18.4. The lowest BCUT2D eigenvalue weighted by Gasteiger charge is -2.13. The van der Waals surface area contributed by atoms with Gasteiger partial charge >= 0.3 is 0 Å². The summed E-state index contributed by atoms with van der Waals surface area (Å²) in [6, 6.07) is 16.9. The van der Waals surface area contributed by atoms with Crippen molar-refractivity contribution in [2.45, 2.75) is 32.9 Å². The van der Waals surface area contributed by atoms with Gasteiger partial charge in [-0.25, -0.2) is 18.1 Å². The van der Waals surface area contributed by atoms with Crippen LogP contribution in [0.2, 0.25) is 0 Å². The highest BCUT2D eigenvalue weighted by Gasteiger charge is 2.32. The molecule has 0 saturated carbocycles. The Kier molecular flexibility index (Phi) is 6.26. The number of aryl methyl sites for hydroxylation is 2. The maximum Gasteiger partial charge on any atom is 0.252 e. The number of hydrogen-bond acceptors (Lipinski definition) is 6. The van der Waals surface area contributed by atoms with Gasteiger partial charge < -0.3 is 10.1 Å². The van der Waals surface area contributed by atoms with Crippen molar-refractivity contribution < 1.29 is 17.9 Å². The van der Waals surface area contributed by atoms with Gasteiger partial charge in [0.05, 0.1) is 47.0 Å². The van der Waals surface area contributed by atoms with Crippen molar-refractivity contribution in [1.29, 1.82) is 0 Å². The summed E-state index contributed by atoms with van der Waals surface area (Å²) in [7, 11) is -1.51. The summed E-state index contributed by atoms with van der Waals surface area (Å²) in [5.41, 5.74) is 5.17. The molecule has 0 bridgehead atoms. The first-order chi connectivity index (χ1) is 17.2. The zero-order chi connectivity index (χ0) is 25.4. The zero-order valence-electron chi connectivity index (χ0n) is 20.5. The Labute approximate surface area is 210 Å². The maximum atomic E-state index is 13.5. The van der Waals surface area contributed by atoms with E-state index in [1.54, 1.807) is 17.9 Å². The molecule has 1 aliphatic heterocycles. The summed E-state index contributed by atoms with van der Waals surface area (Å²) in [6.07, 6.45) is 0.479. The summed E-state index contributed by atoms with van der Waals surface area (Å²) in [5, 5.41) is 8.31. The number of sulfone groups is 1. The van der Waals surface area contributed by atoms with Crippen LogP contribution in [0, 0.1) is 13.8 Å². The number of pyridine rings is 1. The van der Waals surface area contributed by atoms with Crippen LogP contribution in [0.4, 0.5) is 0 Å². The molecule has 1 fully saturated rings. The molecule has 2 aromatic carbocycles. The van der Waals surface area contributed by atoms with Gasteiger partial charge in [0.15, 0.2) is 15.5 Å². The van der Waals surface area contributed by atoms with Crippen molar-refractivity contribution in [3.63, 3.8) is 0 Å². The topological polar surface area (TPSA) is 103 Å². The van der Waals surface area contributed by atoms with Crippen LogP contribution >= 0.6 is 0 Å². The molecule has 0 aliphatic carbocycles. The smallest absolute Gasteiger partial charge is 0.252 e. The minimum atomic E-state index is -3.12. The Morgan fingerprint density at radius 3 is 2.61 bits per heavy atom. The van der Waals surface area contributed by atoms with E-state index in [1.807, 2.05) is 62.4 Å². The van der Waals surface area contributed by atoms with E-state index in [-0.39, 0.29) is 23.5 Å².